The first-order chi connectivity index (χ1) is 15.4. The van der Waals surface area contributed by atoms with Gasteiger partial charge in [0.05, 0.1) is 22.3 Å². The molecular weight excluding hydrogens is 422 g/mol. The van der Waals surface area contributed by atoms with Crippen LogP contribution in [-0.4, -0.2) is 16.0 Å². The zero-order valence-corrected chi connectivity index (χ0v) is 18.0. The monoisotopic (exact) mass is 441 g/mol. The van der Waals surface area contributed by atoms with Crippen LogP contribution < -0.4 is 0 Å². The van der Waals surface area contributed by atoms with Crippen LogP contribution in [0.2, 0.25) is 0 Å². The second kappa shape index (κ2) is 10.4. The molecule has 0 aliphatic rings. The molecule has 0 heterocycles. The summed E-state index contributed by atoms with van der Waals surface area (Å²) in [5, 5.41) is 29.9. The molecule has 32 heavy (non-hydrogen) atoms. The first-order valence-corrected chi connectivity index (χ1v) is 10.7. The number of rotatable bonds is 8. The van der Waals surface area contributed by atoms with E-state index in [9.17, 15) is 25.4 Å². The van der Waals surface area contributed by atoms with E-state index in [1.165, 1.54) is 30.0 Å². The van der Waals surface area contributed by atoms with Gasteiger partial charge in [0.1, 0.15) is 5.92 Å². The minimum atomic E-state index is -1.17. The Hall–Kier alpha value is -3.94. The standard InChI is InChI=1S/C25H19N3O3S/c1-17-10-12-22(13-11-17)32-25(24(29)18-6-3-2-4-7-18)23(20(15-26)16-27)19-8-5-9-21(14-19)28(30)31/h2-14,20,23,25H,1H3/t23-,25+/m0/s1. The lowest BCUT2D eigenvalue weighted by Crippen LogP contribution is -2.30. The predicted octanol–water partition coefficient (Wildman–Crippen LogP) is 5.69. The van der Waals surface area contributed by atoms with Crippen LogP contribution in [0.25, 0.3) is 0 Å². The molecule has 6 nitrogen and oxygen atoms in total. The normalized spacial score (nSPS) is 12.4. The zero-order valence-electron chi connectivity index (χ0n) is 17.2. The second-order valence-corrected chi connectivity index (χ2v) is 8.41. The number of nitro groups is 1. The van der Waals surface area contributed by atoms with E-state index in [-0.39, 0.29) is 11.5 Å². The molecule has 0 aliphatic heterocycles. The molecule has 3 aromatic rings. The maximum Gasteiger partial charge on any atom is 0.269 e. The van der Waals surface area contributed by atoms with Gasteiger partial charge in [-0.15, -0.1) is 11.8 Å². The van der Waals surface area contributed by atoms with Gasteiger partial charge >= 0.3 is 0 Å². The molecule has 158 valence electrons. The minimum absolute atomic E-state index is 0.159. The highest BCUT2D eigenvalue weighted by Gasteiger charge is 2.38. The molecule has 0 unspecified atom stereocenters. The van der Waals surface area contributed by atoms with Gasteiger partial charge in [0, 0.05) is 28.5 Å². The average Bonchev–Trinajstić information content (AvgIpc) is 2.82. The van der Waals surface area contributed by atoms with Crippen molar-refractivity contribution in [2.75, 3.05) is 0 Å². The lowest BCUT2D eigenvalue weighted by Gasteiger charge is -2.27. The van der Waals surface area contributed by atoms with Gasteiger partial charge in [0.25, 0.3) is 5.69 Å². The Labute approximate surface area is 190 Å². The van der Waals surface area contributed by atoms with Gasteiger partial charge in [0.2, 0.25) is 0 Å². The summed E-state index contributed by atoms with van der Waals surface area (Å²) in [6.45, 7) is 1.95. The molecule has 0 bridgehead atoms. The molecule has 0 fully saturated rings. The highest BCUT2D eigenvalue weighted by molar-refractivity contribution is 8.00. The van der Waals surface area contributed by atoms with E-state index in [1.807, 2.05) is 43.3 Å². The smallest absolute Gasteiger partial charge is 0.269 e. The maximum atomic E-state index is 13.6. The van der Waals surface area contributed by atoms with E-state index >= 15 is 0 Å². The SMILES string of the molecule is Cc1ccc(S[C@@H](C(=O)c2ccccc2)[C@@H](c2cccc([N+](=O)[O-])c2)C(C#N)C#N)cc1. The third-order valence-corrected chi connectivity index (χ3v) is 6.34. The lowest BCUT2D eigenvalue weighted by molar-refractivity contribution is -0.384. The van der Waals surface area contributed by atoms with E-state index in [2.05, 4.69) is 0 Å². The summed E-state index contributed by atoms with van der Waals surface area (Å²) in [7, 11) is 0. The number of hydrogen-bond acceptors (Lipinski definition) is 6. The first-order valence-electron chi connectivity index (χ1n) is 9.80. The summed E-state index contributed by atoms with van der Waals surface area (Å²) in [4.78, 5) is 25.2. The number of non-ortho nitro benzene ring substituents is 1. The number of ketones is 1. The van der Waals surface area contributed by atoms with Crippen LogP contribution in [0.3, 0.4) is 0 Å². The summed E-state index contributed by atoms with van der Waals surface area (Å²) >= 11 is 1.26. The number of carbonyl (C=O) groups is 1. The van der Waals surface area contributed by atoms with Gasteiger partial charge < -0.3 is 0 Å². The predicted molar refractivity (Wildman–Crippen MR) is 122 cm³/mol. The summed E-state index contributed by atoms with van der Waals surface area (Å²) in [6.07, 6.45) is 0. The topological polar surface area (TPSA) is 108 Å². The summed E-state index contributed by atoms with van der Waals surface area (Å²) in [5.74, 6) is -2.29. The van der Waals surface area contributed by atoms with E-state index in [0.717, 1.165) is 10.5 Å². The Morgan fingerprint density at radius 3 is 2.22 bits per heavy atom. The highest BCUT2D eigenvalue weighted by atomic mass is 32.2. The van der Waals surface area contributed by atoms with Crippen molar-refractivity contribution in [3.63, 3.8) is 0 Å². The Bertz CT molecular complexity index is 1180. The largest absolute Gasteiger partial charge is 0.293 e. The number of thioether (sulfide) groups is 1. The number of nitriles is 2. The molecule has 2 atom stereocenters. The van der Waals surface area contributed by atoms with Gasteiger partial charge in [0.15, 0.2) is 5.78 Å². The fourth-order valence-electron chi connectivity index (χ4n) is 3.40. The van der Waals surface area contributed by atoms with Crippen LogP contribution in [-0.2, 0) is 0 Å². The number of carbonyl (C=O) groups excluding carboxylic acids is 1. The van der Waals surface area contributed by atoms with E-state index in [1.54, 1.807) is 36.4 Å². The van der Waals surface area contributed by atoms with Crippen LogP contribution in [0, 0.1) is 45.6 Å². The molecule has 0 amide bonds. The van der Waals surface area contributed by atoms with Crippen LogP contribution in [0.5, 0.6) is 0 Å². The second-order valence-electron chi connectivity index (χ2n) is 7.20. The van der Waals surface area contributed by atoms with E-state index in [4.69, 9.17) is 0 Å². The Kier molecular flexibility index (Phi) is 7.38. The third-order valence-electron chi connectivity index (χ3n) is 5.03. The van der Waals surface area contributed by atoms with Crippen molar-refractivity contribution in [1.82, 2.24) is 0 Å². The van der Waals surface area contributed by atoms with Crippen molar-refractivity contribution in [2.45, 2.75) is 23.0 Å². The average molecular weight is 442 g/mol. The summed E-state index contributed by atoms with van der Waals surface area (Å²) < 4.78 is 0. The molecule has 3 rings (SSSR count). The van der Waals surface area contributed by atoms with Gasteiger partial charge in [-0.05, 0) is 24.6 Å². The number of nitrogens with zero attached hydrogens (tertiary/aromatic N) is 3. The summed E-state index contributed by atoms with van der Waals surface area (Å²) in [6, 6.07) is 26.0. The van der Waals surface area contributed by atoms with Crippen molar-refractivity contribution < 1.29 is 9.72 Å². The van der Waals surface area contributed by atoms with Crippen molar-refractivity contribution in [2.24, 2.45) is 5.92 Å². The van der Waals surface area contributed by atoms with Crippen LogP contribution in [0.1, 0.15) is 27.4 Å². The molecule has 0 N–H and O–H groups in total. The Morgan fingerprint density at radius 2 is 1.62 bits per heavy atom. The number of nitro benzene ring substituents is 1. The number of benzene rings is 3. The van der Waals surface area contributed by atoms with Gasteiger partial charge in [-0.3, -0.25) is 14.9 Å². The van der Waals surface area contributed by atoms with Gasteiger partial charge in [-0.1, -0.05) is 60.2 Å². The maximum absolute atomic E-state index is 13.6. The fourth-order valence-corrected chi connectivity index (χ4v) is 4.69. The van der Waals surface area contributed by atoms with Crippen molar-refractivity contribution >= 4 is 23.2 Å². The Balaban J connectivity index is 2.16. The van der Waals surface area contributed by atoms with Gasteiger partial charge in [-0.25, -0.2) is 0 Å². The number of aryl methyl sites for hydroxylation is 1. The fraction of sp³-hybridized carbons (Fsp3) is 0.160. The first kappa shape index (κ1) is 22.7. The van der Waals surface area contributed by atoms with Crippen LogP contribution in [0.4, 0.5) is 5.69 Å². The van der Waals surface area contributed by atoms with E-state index in [0.29, 0.717) is 11.1 Å². The number of hydrogen-bond donors (Lipinski definition) is 0. The summed E-state index contributed by atoms with van der Waals surface area (Å²) in [5.41, 5.74) is 1.75. The molecule has 0 radical (unpaired) electrons. The quantitative estimate of drug-likeness (QED) is 0.192. The lowest BCUT2D eigenvalue weighted by atomic mass is 9.82. The van der Waals surface area contributed by atoms with Crippen molar-refractivity contribution in [3.8, 4) is 12.1 Å². The molecule has 0 aliphatic carbocycles. The van der Waals surface area contributed by atoms with Crippen molar-refractivity contribution in [3.05, 3.63) is 106 Å². The highest BCUT2D eigenvalue weighted by Crippen LogP contribution is 2.41. The molecule has 0 aromatic heterocycles. The zero-order chi connectivity index (χ0) is 23.1. The molecule has 0 spiro atoms. The van der Waals surface area contributed by atoms with Crippen LogP contribution in [0.15, 0.2) is 83.8 Å². The molecule has 7 heteroatoms. The molecule has 3 aromatic carbocycles. The number of Topliss-reactive ketones (excluding diaryl/α,β-unsaturated/α-hetero) is 1. The molecule has 0 saturated carbocycles. The molecule has 0 saturated heterocycles. The van der Waals surface area contributed by atoms with Crippen molar-refractivity contribution in [1.29, 1.82) is 10.5 Å². The minimum Gasteiger partial charge on any atom is -0.293 e. The third kappa shape index (κ3) is 5.21. The van der Waals surface area contributed by atoms with Gasteiger partial charge in [-0.2, -0.15) is 10.5 Å². The van der Waals surface area contributed by atoms with E-state index < -0.39 is 22.0 Å². The molecular formula is C25H19N3O3S. The van der Waals surface area contributed by atoms with Crippen LogP contribution >= 0.6 is 11.8 Å². The Morgan fingerprint density at radius 1 is 0.969 bits per heavy atom.